The van der Waals surface area contributed by atoms with Gasteiger partial charge < -0.3 is 14.4 Å². The third-order valence-corrected chi connectivity index (χ3v) is 9.28. The molecular weight excluding hydrogens is 601 g/mol. The molecule has 1 N–H and O–H groups in total. The molecule has 17 heteroatoms. The second-order valence-corrected chi connectivity index (χ2v) is 13.8. The molecule has 12 nitrogen and oxygen atoms in total. The van der Waals surface area contributed by atoms with Crippen LogP contribution in [0.3, 0.4) is 0 Å². The molecule has 42 heavy (non-hydrogen) atoms. The number of carbonyl (C=O) groups is 1. The number of aromatic nitrogens is 4. The maximum atomic E-state index is 13.8. The number of sulfonamides is 1. The number of halogens is 3. The summed E-state index contributed by atoms with van der Waals surface area (Å²) in [7, 11) is -2.89. The maximum Gasteiger partial charge on any atom is 0.410 e. The minimum absolute atomic E-state index is 0.0759. The Morgan fingerprint density at radius 2 is 1.98 bits per heavy atom. The molecule has 228 valence electrons. The fourth-order valence-electron chi connectivity index (χ4n) is 4.72. The summed E-state index contributed by atoms with van der Waals surface area (Å²) in [4.78, 5) is 27.2. The van der Waals surface area contributed by atoms with Gasteiger partial charge in [0.15, 0.2) is 5.01 Å². The normalized spacial score (nSPS) is 17.4. The largest absolute Gasteiger partial charge is 0.444 e. The molecule has 0 saturated carbocycles. The van der Waals surface area contributed by atoms with E-state index in [2.05, 4.69) is 14.9 Å². The summed E-state index contributed by atoms with van der Waals surface area (Å²) < 4.78 is 82.6. The first-order chi connectivity index (χ1) is 19.6. The molecule has 3 aromatic rings. The number of ether oxygens (including phenoxy) is 2. The molecule has 2 aliphatic rings. The zero-order chi connectivity index (χ0) is 30.6. The van der Waals surface area contributed by atoms with Crippen molar-refractivity contribution < 1.29 is 35.9 Å². The van der Waals surface area contributed by atoms with Crippen LogP contribution in [0, 0.1) is 0 Å². The first-order valence-corrected chi connectivity index (χ1v) is 15.2. The molecule has 2 aromatic heterocycles. The summed E-state index contributed by atoms with van der Waals surface area (Å²) >= 11 is 0.499. The third kappa shape index (κ3) is 5.57. The standard InChI is InChI=1S/C25H29F3N6O6S2/c1-24(2,3)40-23(36)33-7-5-14(6-8-33)16-9-15(42(37,38)31-25(11-26)12-39-13-25)10-17-18(16)32(4)22(35)34(17)21-30-29-20(41-21)19(27)28/h5,9-10,19,31H,6-8,11-13H2,1-4H3. The number of alkyl halides is 3. The van der Waals surface area contributed by atoms with Gasteiger partial charge in [0.05, 0.1) is 29.1 Å². The van der Waals surface area contributed by atoms with E-state index in [1.807, 2.05) is 0 Å². The molecule has 4 heterocycles. The molecule has 0 spiro atoms. The lowest BCUT2D eigenvalue weighted by molar-refractivity contribution is -0.0725. The van der Waals surface area contributed by atoms with Crippen LogP contribution in [0.4, 0.5) is 18.0 Å². The highest BCUT2D eigenvalue weighted by Gasteiger charge is 2.43. The van der Waals surface area contributed by atoms with E-state index in [0.717, 1.165) is 4.57 Å². The van der Waals surface area contributed by atoms with Gasteiger partial charge in [0, 0.05) is 25.7 Å². The second-order valence-electron chi connectivity index (χ2n) is 11.2. The van der Waals surface area contributed by atoms with Crippen LogP contribution in [0.15, 0.2) is 27.9 Å². The Morgan fingerprint density at radius 3 is 2.50 bits per heavy atom. The molecule has 0 aliphatic carbocycles. The van der Waals surface area contributed by atoms with Crippen LogP contribution in [0.25, 0.3) is 21.7 Å². The van der Waals surface area contributed by atoms with Crippen molar-refractivity contribution in [1.82, 2.24) is 29.0 Å². The number of fused-ring (bicyclic) bond motifs is 1. The summed E-state index contributed by atoms with van der Waals surface area (Å²) in [6.07, 6.45) is -1.40. The zero-order valence-corrected chi connectivity index (χ0v) is 24.8. The average Bonchev–Trinajstić information content (AvgIpc) is 3.48. The molecule has 0 unspecified atom stereocenters. The Kier molecular flexibility index (Phi) is 7.74. The fourth-order valence-corrected chi connectivity index (χ4v) is 6.82. The van der Waals surface area contributed by atoms with Gasteiger partial charge in [0.1, 0.15) is 17.8 Å². The maximum absolute atomic E-state index is 13.8. The van der Waals surface area contributed by atoms with Gasteiger partial charge in [-0.2, -0.15) is 4.72 Å². The van der Waals surface area contributed by atoms with E-state index in [4.69, 9.17) is 9.47 Å². The molecule has 0 atom stereocenters. The topological polar surface area (TPSA) is 138 Å². The SMILES string of the molecule is Cn1c(=O)n(-c2nnc(C(F)F)s2)c2cc(S(=O)(=O)NC3(CF)COC3)cc(C3=CCN(C(=O)OC(C)(C)C)CC3)c21. The Balaban J connectivity index is 1.66. The smallest absolute Gasteiger partial charge is 0.410 e. The van der Waals surface area contributed by atoms with E-state index in [9.17, 15) is 31.2 Å². The van der Waals surface area contributed by atoms with E-state index in [0.29, 0.717) is 34.4 Å². The minimum Gasteiger partial charge on any atom is -0.444 e. The predicted octanol–water partition coefficient (Wildman–Crippen LogP) is 3.16. The monoisotopic (exact) mass is 630 g/mol. The van der Waals surface area contributed by atoms with E-state index in [1.165, 1.54) is 28.6 Å². The number of amides is 1. The molecule has 1 saturated heterocycles. The van der Waals surface area contributed by atoms with Gasteiger partial charge >= 0.3 is 11.8 Å². The molecule has 1 amide bonds. The Labute approximate surface area is 242 Å². The predicted molar refractivity (Wildman–Crippen MR) is 147 cm³/mol. The molecule has 1 aromatic carbocycles. The lowest BCUT2D eigenvalue weighted by atomic mass is 9.98. The van der Waals surface area contributed by atoms with Gasteiger partial charge in [0.2, 0.25) is 15.2 Å². The van der Waals surface area contributed by atoms with Crippen LogP contribution in [-0.2, 0) is 26.5 Å². The van der Waals surface area contributed by atoms with Gasteiger partial charge in [-0.3, -0.25) is 4.57 Å². The highest BCUT2D eigenvalue weighted by atomic mass is 32.2. The fraction of sp³-hybridized carbons (Fsp3) is 0.520. The van der Waals surface area contributed by atoms with Crippen molar-refractivity contribution in [2.75, 3.05) is 33.0 Å². The second kappa shape index (κ2) is 10.8. The average molecular weight is 631 g/mol. The third-order valence-electron chi connectivity index (χ3n) is 6.81. The number of aryl methyl sites for hydroxylation is 1. The highest BCUT2D eigenvalue weighted by molar-refractivity contribution is 7.89. The minimum atomic E-state index is -4.36. The Bertz CT molecular complexity index is 1730. The van der Waals surface area contributed by atoms with Crippen LogP contribution < -0.4 is 10.4 Å². The molecule has 0 bridgehead atoms. The van der Waals surface area contributed by atoms with E-state index < -0.39 is 51.1 Å². The van der Waals surface area contributed by atoms with Crippen molar-refractivity contribution in [2.45, 2.75) is 49.7 Å². The first-order valence-electron chi connectivity index (χ1n) is 12.9. The number of nitrogens with zero attached hydrogens (tertiary/aromatic N) is 5. The molecular formula is C25H29F3N6O6S2. The van der Waals surface area contributed by atoms with Gasteiger partial charge in [-0.05, 0) is 44.9 Å². The van der Waals surface area contributed by atoms with Crippen LogP contribution >= 0.6 is 11.3 Å². The molecule has 1 fully saturated rings. The molecule has 5 rings (SSSR count). The van der Waals surface area contributed by atoms with Crippen molar-refractivity contribution in [3.63, 3.8) is 0 Å². The van der Waals surface area contributed by atoms with Crippen molar-refractivity contribution in [3.05, 3.63) is 39.3 Å². The quantitative estimate of drug-likeness (QED) is 0.421. The van der Waals surface area contributed by atoms with Gasteiger partial charge in [-0.15, -0.1) is 10.2 Å². The number of benzene rings is 1. The zero-order valence-electron chi connectivity index (χ0n) is 23.2. The van der Waals surface area contributed by atoms with Crippen molar-refractivity contribution >= 4 is 44.1 Å². The number of hydrogen-bond donors (Lipinski definition) is 1. The number of rotatable bonds is 7. The van der Waals surface area contributed by atoms with Crippen molar-refractivity contribution in [1.29, 1.82) is 0 Å². The van der Waals surface area contributed by atoms with Crippen LogP contribution in [0.5, 0.6) is 0 Å². The van der Waals surface area contributed by atoms with Gasteiger partial charge in [-0.1, -0.05) is 17.4 Å². The number of carbonyl (C=O) groups excluding carboxylic acids is 1. The van der Waals surface area contributed by atoms with Crippen LogP contribution in [-0.4, -0.2) is 82.9 Å². The summed E-state index contributed by atoms with van der Waals surface area (Å²) in [5, 5.41) is 6.44. The highest BCUT2D eigenvalue weighted by Crippen LogP contribution is 2.35. The van der Waals surface area contributed by atoms with Gasteiger partial charge in [-0.25, -0.2) is 35.7 Å². The van der Waals surface area contributed by atoms with E-state index in [-0.39, 0.29) is 41.8 Å². The lowest BCUT2D eigenvalue weighted by Gasteiger charge is -2.39. The first kappa shape index (κ1) is 30.2. The number of hydrogen-bond acceptors (Lipinski definition) is 9. The summed E-state index contributed by atoms with van der Waals surface area (Å²) in [6, 6.07) is 2.59. The van der Waals surface area contributed by atoms with E-state index >= 15 is 0 Å². The Hall–Kier alpha value is -3.28. The van der Waals surface area contributed by atoms with Gasteiger partial charge in [0.25, 0.3) is 6.43 Å². The number of imidazole rings is 1. The summed E-state index contributed by atoms with van der Waals surface area (Å²) in [5.74, 6) is 0. The van der Waals surface area contributed by atoms with Crippen LogP contribution in [0.1, 0.15) is 44.2 Å². The van der Waals surface area contributed by atoms with E-state index in [1.54, 1.807) is 26.8 Å². The summed E-state index contributed by atoms with van der Waals surface area (Å²) in [6.45, 7) is 4.37. The Morgan fingerprint density at radius 1 is 1.26 bits per heavy atom. The lowest BCUT2D eigenvalue weighted by Crippen LogP contribution is -2.63. The number of nitrogens with one attached hydrogen (secondary N) is 1. The van der Waals surface area contributed by atoms with Crippen LogP contribution in [0.2, 0.25) is 0 Å². The van der Waals surface area contributed by atoms with Crippen molar-refractivity contribution in [3.8, 4) is 5.13 Å². The summed E-state index contributed by atoms with van der Waals surface area (Å²) in [5.41, 5.74) is -1.38. The van der Waals surface area contributed by atoms with Crippen molar-refractivity contribution in [2.24, 2.45) is 7.05 Å². The molecule has 2 aliphatic heterocycles. The molecule has 0 radical (unpaired) electrons.